The van der Waals surface area contributed by atoms with Crippen molar-refractivity contribution in [3.63, 3.8) is 0 Å². The fourth-order valence-corrected chi connectivity index (χ4v) is 2.93. The van der Waals surface area contributed by atoms with Crippen LogP contribution in [0.2, 0.25) is 5.02 Å². The number of rotatable bonds is 6. The van der Waals surface area contributed by atoms with Crippen LogP contribution in [0.25, 0.3) is 0 Å². The number of benzene rings is 1. The fourth-order valence-electron chi connectivity index (χ4n) is 2.01. The molecule has 0 aliphatic heterocycles. The zero-order valence-electron chi connectivity index (χ0n) is 11.2. The Morgan fingerprint density at radius 1 is 1.37 bits per heavy atom. The summed E-state index contributed by atoms with van der Waals surface area (Å²) in [5, 5.41) is 8.54. The monoisotopic (exact) mass is 295 g/mol. The molecule has 0 amide bonds. The fraction of sp³-hybridized carbons (Fsp3) is 0.333. The second kappa shape index (κ2) is 6.94. The van der Waals surface area contributed by atoms with Gasteiger partial charge in [0, 0.05) is 23.2 Å². The molecule has 0 saturated carbocycles. The smallest absolute Gasteiger partial charge is 0.124 e. The van der Waals surface area contributed by atoms with Crippen LogP contribution in [-0.4, -0.2) is 13.2 Å². The van der Waals surface area contributed by atoms with Gasteiger partial charge < -0.3 is 10.1 Å². The van der Waals surface area contributed by atoms with Crippen molar-refractivity contribution in [2.24, 2.45) is 0 Å². The second-order valence-corrected chi connectivity index (χ2v) is 5.73. The molecule has 2 nitrogen and oxygen atoms in total. The molecule has 0 bridgehead atoms. The molecule has 19 heavy (non-hydrogen) atoms. The molecule has 1 unspecified atom stereocenters. The summed E-state index contributed by atoms with van der Waals surface area (Å²) in [6, 6.07) is 8.30. The Hall–Kier alpha value is -1.03. The van der Waals surface area contributed by atoms with Crippen molar-refractivity contribution < 1.29 is 4.74 Å². The van der Waals surface area contributed by atoms with E-state index in [0.717, 1.165) is 22.8 Å². The molecule has 1 atom stereocenters. The van der Waals surface area contributed by atoms with Crippen LogP contribution in [-0.2, 0) is 13.0 Å². The van der Waals surface area contributed by atoms with E-state index >= 15 is 0 Å². The SMILES string of the molecule is COc1cccc(Cl)c1CNC(C)Cc1ccsc1. The lowest BCUT2D eigenvalue weighted by Crippen LogP contribution is -2.27. The van der Waals surface area contributed by atoms with E-state index < -0.39 is 0 Å². The molecule has 102 valence electrons. The summed E-state index contributed by atoms with van der Waals surface area (Å²) in [5.74, 6) is 0.836. The van der Waals surface area contributed by atoms with Crippen molar-refractivity contribution in [3.8, 4) is 5.75 Å². The Labute approximate surface area is 123 Å². The molecule has 1 aromatic carbocycles. The molecule has 2 rings (SSSR count). The van der Waals surface area contributed by atoms with Gasteiger partial charge in [-0.1, -0.05) is 17.7 Å². The van der Waals surface area contributed by atoms with Gasteiger partial charge >= 0.3 is 0 Å². The van der Waals surface area contributed by atoms with Gasteiger partial charge in [0.25, 0.3) is 0 Å². The molecule has 0 radical (unpaired) electrons. The molecule has 0 saturated heterocycles. The number of methoxy groups -OCH3 is 1. The third kappa shape index (κ3) is 3.96. The maximum absolute atomic E-state index is 6.22. The minimum absolute atomic E-state index is 0.399. The maximum Gasteiger partial charge on any atom is 0.124 e. The van der Waals surface area contributed by atoms with E-state index in [4.69, 9.17) is 16.3 Å². The highest BCUT2D eigenvalue weighted by atomic mass is 35.5. The van der Waals surface area contributed by atoms with Crippen LogP contribution in [0.1, 0.15) is 18.1 Å². The van der Waals surface area contributed by atoms with E-state index in [1.807, 2.05) is 18.2 Å². The Kier molecular flexibility index (Phi) is 5.25. The lowest BCUT2D eigenvalue weighted by Gasteiger charge is -2.16. The van der Waals surface area contributed by atoms with Crippen molar-refractivity contribution in [2.75, 3.05) is 7.11 Å². The second-order valence-electron chi connectivity index (χ2n) is 4.54. The number of thiophene rings is 1. The van der Waals surface area contributed by atoms with Gasteiger partial charge in [-0.2, -0.15) is 11.3 Å². The van der Waals surface area contributed by atoms with Crippen molar-refractivity contribution in [1.82, 2.24) is 5.32 Å². The summed E-state index contributed by atoms with van der Waals surface area (Å²) in [7, 11) is 1.67. The first-order chi connectivity index (χ1) is 9.20. The maximum atomic E-state index is 6.22. The highest BCUT2D eigenvalue weighted by Crippen LogP contribution is 2.26. The largest absolute Gasteiger partial charge is 0.496 e. The molecular weight excluding hydrogens is 278 g/mol. The average Bonchev–Trinajstić information content (AvgIpc) is 2.89. The van der Waals surface area contributed by atoms with Crippen molar-refractivity contribution in [2.45, 2.75) is 25.9 Å². The summed E-state index contributed by atoms with van der Waals surface area (Å²) in [5.41, 5.74) is 2.39. The Morgan fingerprint density at radius 3 is 2.89 bits per heavy atom. The van der Waals surface area contributed by atoms with E-state index in [0.29, 0.717) is 12.6 Å². The van der Waals surface area contributed by atoms with Crippen molar-refractivity contribution in [3.05, 3.63) is 51.2 Å². The minimum Gasteiger partial charge on any atom is -0.496 e. The molecule has 4 heteroatoms. The summed E-state index contributed by atoms with van der Waals surface area (Å²) in [4.78, 5) is 0. The minimum atomic E-state index is 0.399. The van der Waals surface area contributed by atoms with Crippen LogP contribution in [0.5, 0.6) is 5.75 Å². The quantitative estimate of drug-likeness (QED) is 0.865. The number of hydrogen-bond acceptors (Lipinski definition) is 3. The van der Waals surface area contributed by atoms with Crippen molar-refractivity contribution in [1.29, 1.82) is 0 Å². The Bertz CT molecular complexity index is 513. The van der Waals surface area contributed by atoms with Gasteiger partial charge in [0.05, 0.1) is 7.11 Å². The number of hydrogen-bond donors (Lipinski definition) is 1. The van der Waals surface area contributed by atoms with Gasteiger partial charge in [0.15, 0.2) is 0 Å². The molecule has 0 fully saturated rings. The molecular formula is C15H18ClNOS. The predicted molar refractivity (Wildman–Crippen MR) is 82.3 cm³/mol. The normalized spacial score (nSPS) is 12.4. The van der Waals surface area contributed by atoms with Crippen LogP contribution < -0.4 is 10.1 Å². The van der Waals surface area contributed by atoms with Gasteiger partial charge in [-0.05, 0) is 47.9 Å². The molecule has 0 aliphatic rings. The standard InChI is InChI=1S/C15H18ClNOS/c1-11(8-12-6-7-19-10-12)17-9-13-14(16)4-3-5-15(13)18-2/h3-7,10-11,17H,8-9H2,1-2H3. The predicted octanol–water partition coefficient (Wildman–Crippen LogP) is 4.13. The van der Waals surface area contributed by atoms with E-state index in [9.17, 15) is 0 Å². The van der Waals surface area contributed by atoms with E-state index in [1.54, 1.807) is 18.4 Å². The molecule has 1 heterocycles. The first-order valence-electron chi connectivity index (χ1n) is 6.26. The van der Waals surface area contributed by atoms with Crippen LogP contribution in [0.4, 0.5) is 0 Å². The van der Waals surface area contributed by atoms with Gasteiger partial charge in [-0.25, -0.2) is 0 Å². The molecule has 0 spiro atoms. The van der Waals surface area contributed by atoms with E-state index in [-0.39, 0.29) is 0 Å². The zero-order chi connectivity index (χ0) is 13.7. The van der Waals surface area contributed by atoms with Crippen LogP contribution in [0, 0.1) is 0 Å². The first kappa shape index (κ1) is 14.4. The van der Waals surface area contributed by atoms with Gasteiger partial charge in [-0.3, -0.25) is 0 Å². The molecule has 1 aromatic heterocycles. The third-order valence-corrected chi connectivity index (χ3v) is 4.13. The lowest BCUT2D eigenvalue weighted by molar-refractivity contribution is 0.405. The highest BCUT2D eigenvalue weighted by molar-refractivity contribution is 7.07. The Balaban J connectivity index is 1.95. The molecule has 0 aliphatic carbocycles. The Morgan fingerprint density at radius 2 is 2.21 bits per heavy atom. The molecule has 1 N–H and O–H groups in total. The highest BCUT2D eigenvalue weighted by Gasteiger charge is 2.09. The number of halogens is 1. The van der Waals surface area contributed by atoms with E-state index in [1.165, 1.54) is 5.56 Å². The summed E-state index contributed by atoms with van der Waals surface area (Å²) in [6.07, 6.45) is 1.02. The van der Waals surface area contributed by atoms with Crippen LogP contribution in [0.15, 0.2) is 35.0 Å². The van der Waals surface area contributed by atoms with Crippen LogP contribution in [0.3, 0.4) is 0 Å². The average molecular weight is 296 g/mol. The third-order valence-electron chi connectivity index (χ3n) is 3.05. The first-order valence-corrected chi connectivity index (χ1v) is 7.58. The lowest BCUT2D eigenvalue weighted by atomic mass is 10.1. The number of ether oxygens (including phenoxy) is 1. The van der Waals surface area contributed by atoms with Gasteiger partial charge in [0.2, 0.25) is 0 Å². The summed E-state index contributed by atoms with van der Waals surface area (Å²) < 4.78 is 5.34. The molecule has 2 aromatic rings. The van der Waals surface area contributed by atoms with Crippen LogP contribution >= 0.6 is 22.9 Å². The van der Waals surface area contributed by atoms with Gasteiger partial charge in [0.1, 0.15) is 5.75 Å². The van der Waals surface area contributed by atoms with Gasteiger partial charge in [-0.15, -0.1) is 0 Å². The summed E-state index contributed by atoms with van der Waals surface area (Å²) >= 11 is 7.95. The van der Waals surface area contributed by atoms with E-state index in [2.05, 4.69) is 29.1 Å². The zero-order valence-corrected chi connectivity index (χ0v) is 12.7. The summed E-state index contributed by atoms with van der Waals surface area (Å²) in [6.45, 7) is 2.90. The van der Waals surface area contributed by atoms with Crippen molar-refractivity contribution >= 4 is 22.9 Å². The topological polar surface area (TPSA) is 21.3 Å². The number of nitrogens with one attached hydrogen (secondary N) is 1.